The van der Waals surface area contributed by atoms with Gasteiger partial charge in [0.1, 0.15) is 5.69 Å². The minimum Gasteiger partial charge on any atom is -0.478 e. The predicted octanol–water partition coefficient (Wildman–Crippen LogP) is 6.00. The number of aromatic nitrogens is 1. The van der Waals surface area contributed by atoms with Gasteiger partial charge in [-0.1, -0.05) is 34.8 Å². The van der Waals surface area contributed by atoms with Crippen LogP contribution in [0.25, 0.3) is 10.9 Å². The van der Waals surface area contributed by atoms with Gasteiger partial charge in [-0.25, -0.2) is 9.18 Å². The van der Waals surface area contributed by atoms with Gasteiger partial charge >= 0.3 is 12.1 Å². The van der Waals surface area contributed by atoms with Crippen LogP contribution in [0.2, 0.25) is 15.1 Å². The Labute approximate surface area is 180 Å². The van der Waals surface area contributed by atoms with Gasteiger partial charge in [-0.05, 0) is 35.9 Å². The Morgan fingerprint density at radius 1 is 1.00 bits per heavy atom. The SMILES string of the molecule is O=C(NC(c1cc(Cl)c(F)c(Cl)c1)C(F)(F)F)c1cc2cc(C(=O)O)c(Cl)cc2[nH]1. The van der Waals surface area contributed by atoms with Gasteiger partial charge in [0.15, 0.2) is 11.9 Å². The van der Waals surface area contributed by atoms with Crippen LogP contribution in [0, 0.1) is 5.82 Å². The number of carbonyl (C=O) groups excluding carboxylic acids is 1. The van der Waals surface area contributed by atoms with Crippen molar-refractivity contribution in [3.8, 4) is 0 Å². The van der Waals surface area contributed by atoms with Crippen LogP contribution in [0.15, 0.2) is 30.3 Å². The minimum atomic E-state index is -4.95. The molecule has 0 saturated carbocycles. The summed E-state index contributed by atoms with van der Waals surface area (Å²) in [5.41, 5.74) is -0.845. The van der Waals surface area contributed by atoms with E-state index in [1.807, 2.05) is 0 Å². The number of nitrogens with one attached hydrogen (secondary N) is 2. The smallest absolute Gasteiger partial charge is 0.412 e. The van der Waals surface area contributed by atoms with E-state index in [4.69, 9.17) is 39.9 Å². The number of hydrogen-bond acceptors (Lipinski definition) is 2. The number of amides is 1. The third-order valence-electron chi connectivity index (χ3n) is 4.13. The summed E-state index contributed by atoms with van der Waals surface area (Å²) in [5.74, 6) is -3.55. The number of carboxylic acids is 1. The van der Waals surface area contributed by atoms with Crippen molar-refractivity contribution < 1.29 is 32.3 Å². The molecule has 0 saturated heterocycles. The summed E-state index contributed by atoms with van der Waals surface area (Å²) >= 11 is 17.0. The number of aromatic amines is 1. The first kappa shape index (κ1) is 22.2. The van der Waals surface area contributed by atoms with E-state index in [-0.39, 0.29) is 27.2 Å². The Hall–Kier alpha value is -2.49. The van der Waals surface area contributed by atoms with E-state index in [0.29, 0.717) is 12.1 Å². The van der Waals surface area contributed by atoms with Crippen LogP contribution in [-0.2, 0) is 0 Å². The fourth-order valence-corrected chi connectivity index (χ4v) is 3.49. The van der Waals surface area contributed by atoms with Crippen molar-refractivity contribution in [2.24, 2.45) is 0 Å². The zero-order valence-corrected chi connectivity index (χ0v) is 16.6. The van der Waals surface area contributed by atoms with E-state index >= 15 is 0 Å². The predicted molar refractivity (Wildman–Crippen MR) is 103 cm³/mol. The first-order valence-electron chi connectivity index (χ1n) is 7.96. The number of alkyl halides is 3. The molecule has 0 aliphatic rings. The number of fused-ring (bicyclic) bond motifs is 1. The molecular formula is C18H9Cl3F4N2O3. The van der Waals surface area contributed by atoms with Gasteiger partial charge in [-0.15, -0.1) is 0 Å². The molecule has 0 spiro atoms. The summed E-state index contributed by atoms with van der Waals surface area (Å²) in [7, 11) is 0. The van der Waals surface area contributed by atoms with Crippen molar-refractivity contribution in [3.63, 3.8) is 0 Å². The van der Waals surface area contributed by atoms with Gasteiger partial charge in [-0.2, -0.15) is 13.2 Å². The Balaban J connectivity index is 1.98. The number of aromatic carboxylic acids is 1. The molecule has 0 aliphatic carbocycles. The molecule has 12 heteroatoms. The summed E-state index contributed by atoms with van der Waals surface area (Å²) in [6, 6.07) is 2.47. The standard InChI is InChI=1S/C18H9Cl3F4N2O3/c19-9-5-12-6(1-8(9)17(29)30)4-13(26-12)16(28)27-15(18(23,24)25)7-2-10(20)14(22)11(21)3-7/h1-5,15,26H,(H,27,28)(H,29,30). The van der Waals surface area contributed by atoms with Crippen molar-refractivity contribution in [1.29, 1.82) is 0 Å². The molecule has 158 valence electrons. The monoisotopic (exact) mass is 482 g/mol. The molecule has 3 N–H and O–H groups in total. The fourth-order valence-electron chi connectivity index (χ4n) is 2.75. The maximum Gasteiger partial charge on any atom is 0.412 e. The van der Waals surface area contributed by atoms with Crippen molar-refractivity contribution in [2.75, 3.05) is 0 Å². The zero-order chi connectivity index (χ0) is 22.4. The van der Waals surface area contributed by atoms with Gasteiger partial charge in [0.05, 0.1) is 20.6 Å². The van der Waals surface area contributed by atoms with E-state index in [1.54, 1.807) is 5.32 Å². The highest BCUT2D eigenvalue weighted by Gasteiger charge is 2.42. The Morgan fingerprint density at radius 2 is 1.60 bits per heavy atom. The van der Waals surface area contributed by atoms with Crippen molar-refractivity contribution in [1.82, 2.24) is 10.3 Å². The molecule has 1 unspecified atom stereocenters. The quantitative estimate of drug-likeness (QED) is 0.314. The number of carboxylic acid groups (broad SMARTS) is 1. The fraction of sp³-hybridized carbons (Fsp3) is 0.111. The second-order valence-electron chi connectivity index (χ2n) is 6.15. The summed E-state index contributed by atoms with van der Waals surface area (Å²) in [6.07, 6.45) is -4.95. The van der Waals surface area contributed by atoms with Gasteiger partial charge in [0.2, 0.25) is 0 Å². The molecular weight excluding hydrogens is 475 g/mol. The van der Waals surface area contributed by atoms with Crippen LogP contribution in [0.5, 0.6) is 0 Å². The molecule has 3 aromatic rings. The third kappa shape index (κ3) is 4.33. The van der Waals surface area contributed by atoms with Crippen LogP contribution in [0.1, 0.15) is 32.5 Å². The van der Waals surface area contributed by atoms with Crippen molar-refractivity contribution >= 4 is 57.6 Å². The van der Waals surface area contributed by atoms with E-state index in [1.165, 1.54) is 18.2 Å². The van der Waals surface area contributed by atoms with E-state index in [0.717, 1.165) is 0 Å². The first-order valence-corrected chi connectivity index (χ1v) is 9.09. The average molecular weight is 484 g/mol. The number of halogens is 7. The molecule has 1 atom stereocenters. The van der Waals surface area contributed by atoms with Crippen LogP contribution in [-0.4, -0.2) is 28.1 Å². The molecule has 1 amide bonds. The van der Waals surface area contributed by atoms with Crippen LogP contribution in [0.3, 0.4) is 0 Å². The van der Waals surface area contributed by atoms with Gasteiger partial charge in [0, 0.05) is 10.9 Å². The Kier molecular flexibility index (Phi) is 5.90. The normalized spacial score (nSPS) is 12.8. The van der Waals surface area contributed by atoms with Crippen LogP contribution in [0.4, 0.5) is 17.6 Å². The number of H-pyrrole nitrogens is 1. The van der Waals surface area contributed by atoms with Crippen LogP contribution < -0.4 is 5.32 Å². The van der Waals surface area contributed by atoms with E-state index in [9.17, 15) is 27.2 Å². The molecule has 1 aromatic heterocycles. The van der Waals surface area contributed by atoms with Gasteiger partial charge < -0.3 is 15.4 Å². The summed E-state index contributed by atoms with van der Waals surface area (Å²) in [6.45, 7) is 0. The minimum absolute atomic E-state index is 0.118. The van der Waals surface area contributed by atoms with Gasteiger partial charge in [-0.3, -0.25) is 4.79 Å². The second-order valence-corrected chi connectivity index (χ2v) is 7.38. The number of benzene rings is 2. The highest BCUT2D eigenvalue weighted by atomic mass is 35.5. The lowest BCUT2D eigenvalue weighted by Gasteiger charge is -2.22. The second kappa shape index (κ2) is 7.98. The highest BCUT2D eigenvalue weighted by Crippen LogP contribution is 2.36. The van der Waals surface area contributed by atoms with E-state index in [2.05, 4.69) is 4.98 Å². The first-order chi connectivity index (χ1) is 13.9. The number of carbonyl (C=O) groups is 2. The Morgan fingerprint density at radius 3 is 2.13 bits per heavy atom. The summed E-state index contributed by atoms with van der Waals surface area (Å²) < 4.78 is 54.2. The molecule has 3 rings (SSSR count). The number of rotatable bonds is 4. The molecule has 0 fully saturated rings. The molecule has 1 heterocycles. The molecule has 5 nitrogen and oxygen atoms in total. The maximum atomic E-state index is 13.6. The van der Waals surface area contributed by atoms with Crippen LogP contribution >= 0.6 is 34.8 Å². The zero-order valence-electron chi connectivity index (χ0n) is 14.4. The topological polar surface area (TPSA) is 82.2 Å². The molecule has 30 heavy (non-hydrogen) atoms. The summed E-state index contributed by atoms with van der Waals surface area (Å²) in [4.78, 5) is 26.2. The van der Waals surface area contributed by atoms with Gasteiger partial charge in [0.25, 0.3) is 5.91 Å². The lowest BCUT2D eigenvalue weighted by atomic mass is 10.1. The van der Waals surface area contributed by atoms with Crippen molar-refractivity contribution in [2.45, 2.75) is 12.2 Å². The molecule has 0 radical (unpaired) electrons. The lowest BCUT2D eigenvalue weighted by molar-refractivity contribution is -0.155. The van der Waals surface area contributed by atoms with E-state index < -0.39 is 45.5 Å². The molecule has 0 aliphatic heterocycles. The largest absolute Gasteiger partial charge is 0.478 e. The van der Waals surface area contributed by atoms with Crippen molar-refractivity contribution in [3.05, 3.63) is 68.0 Å². The Bertz CT molecular complexity index is 1150. The highest BCUT2D eigenvalue weighted by molar-refractivity contribution is 6.35. The number of hydrogen-bond donors (Lipinski definition) is 3. The maximum absolute atomic E-state index is 13.6. The molecule has 2 aromatic carbocycles. The third-order valence-corrected chi connectivity index (χ3v) is 4.99. The lowest BCUT2D eigenvalue weighted by Crippen LogP contribution is -2.38. The summed E-state index contributed by atoms with van der Waals surface area (Å²) in [5, 5.41) is 9.74. The average Bonchev–Trinajstić information content (AvgIpc) is 3.04. The molecule has 0 bridgehead atoms.